The molecule has 18 heavy (non-hydrogen) atoms. The monoisotopic (exact) mass is 269 g/mol. The van der Waals surface area contributed by atoms with E-state index in [9.17, 15) is 4.79 Å². The van der Waals surface area contributed by atoms with Crippen molar-refractivity contribution >= 4 is 17.6 Å². The van der Waals surface area contributed by atoms with E-state index in [0.29, 0.717) is 10.7 Å². The van der Waals surface area contributed by atoms with E-state index >= 15 is 0 Å². The first kappa shape index (κ1) is 12.5. The summed E-state index contributed by atoms with van der Waals surface area (Å²) in [5.74, 6) is -0.676. The van der Waals surface area contributed by atoms with Gasteiger partial charge in [-0.3, -0.25) is 4.98 Å². The summed E-state index contributed by atoms with van der Waals surface area (Å²) in [5, 5.41) is 12.5. The fourth-order valence-corrected chi connectivity index (χ4v) is 1.39. The number of carboxylic acids is 1. The number of nitrogens with zero attached hydrogens (tertiary/aromatic N) is 3. The molecule has 0 aliphatic heterocycles. The second kappa shape index (κ2) is 5.56. The molecule has 2 heterocycles. The van der Waals surface area contributed by atoms with E-state index in [0.717, 1.165) is 0 Å². The van der Waals surface area contributed by atoms with Gasteiger partial charge in [0, 0.05) is 6.20 Å². The van der Waals surface area contributed by atoms with Gasteiger partial charge in [-0.25, -0.2) is 4.79 Å². The van der Waals surface area contributed by atoms with Crippen LogP contribution in [0.25, 0.3) is 11.5 Å². The number of hydrogen-bond donors (Lipinski definition) is 1. The lowest BCUT2D eigenvalue weighted by atomic mass is 10.3. The van der Waals surface area contributed by atoms with Crippen molar-refractivity contribution in [3.05, 3.63) is 29.2 Å². The van der Waals surface area contributed by atoms with Crippen LogP contribution in [0.1, 0.15) is 5.89 Å². The van der Waals surface area contributed by atoms with Crippen LogP contribution in [0.5, 0.6) is 0 Å². The van der Waals surface area contributed by atoms with Gasteiger partial charge in [0.05, 0.1) is 5.02 Å². The van der Waals surface area contributed by atoms with Crippen molar-refractivity contribution in [2.24, 2.45) is 0 Å². The zero-order valence-corrected chi connectivity index (χ0v) is 9.79. The Labute approximate surface area is 106 Å². The van der Waals surface area contributed by atoms with Crippen molar-refractivity contribution in [1.29, 1.82) is 0 Å². The van der Waals surface area contributed by atoms with Gasteiger partial charge in [-0.1, -0.05) is 16.8 Å². The standard InChI is InChI=1S/C10H8ClN3O4/c11-6-2-1-3-12-9(6)10-13-7(18-14-10)4-17-5-8(15)16/h1-3H,4-5H2,(H,15,16). The second-order valence-electron chi connectivity index (χ2n) is 3.23. The Balaban J connectivity index is 2.06. The van der Waals surface area contributed by atoms with Crippen LogP contribution in [0.4, 0.5) is 0 Å². The average Bonchev–Trinajstić information content (AvgIpc) is 2.78. The molecule has 2 aromatic heterocycles. The molecule has 2 rings (SSSR count). The van der Waals surface area contributed by atoms with Gasteiger partial charge in [0.1, 0.15) is 18.9 Å². The van der Waals surface area contributed by atoms with Crippen LogP contribution in [0, 0.1) is 0 Å². The summed E-state index contributed by atoms with van der Waals surface area (Å²) < 4.78 is 9.69. The first-order chi connectivity index (χ1) is 8.66. The minimum Gasteiger partial charge on any atom is -0.480 e. The maximum Gasteiger partial charge on any atom is 0.329 e. The predicted octanol–water partition coefficient (Wildman–Crippen LogP) is 1.39. The molecule has 0 saturated heterocycles. The van der Waals surface area contributed by atoms with Crippen molar-refractivity contribution in [2.45, 2.75) is 6.61 Å². The summed E-state index contributed by atoms with van der Waals surface area (Å²) in [6.07, 6.45) is 1.55. The Morgan fingerprint density at radius 2 is 2.39 bits per heavy atom. The van der Waals surface area contributed by atoms with Crippen LogP contribution in [0.3, 0.4) is 0 Å². The highest BCUT2D eigenvalue weighted by Gasteiger charge is 2.13. The third-order valence-electron chi connectivity index (χ3n) is 1.89. The van der Waals surface area contributed by atoms with Crippen LogP contribution < -0.4 is 0 Å². The van der Waals surface area contributed by atoms with Crippen molar-refractivity contribution in [1.82, 2.24) is 15.1 Å². The van der Waals surface area contributed by atoms with Crippen LogP contribution in [-0.2, 0) is 16.1 Å². The Morgan fingerprint density at radius 1 is 1.56 bits per heavy atom. The van der Waals surface area contributed by atoms with Crippen molar-refractivity contribution in [3.63, 3.8) is 0 Å². The molecule has 94 valence electrons. The minimum atomic E-state index is -1.07. The van der Waals surface area contributed by atoms with Crippen molar-refractivity contribution in [3.8, 4) is 11.5 Å². The Bertz CT molecular complexity index is 558. The number of rotatable bonds is 5. The highest BCUT2D eigenvalue weighted by atomic mass is 35.5. The molecule has 0 aliphatic rings. The molecule has 0 fully saturated rings. The predicted molar refractivity (Wildman–Crippen MR) is 59.8 cm³/mol. The fourth-order valence-electron chi connectivity index (χ4n) is 1.19. The van der Waals surface area contributed by atoms with Gasteiger partial charge >= 0.3 is 5.97 Å². The van der Waals surface area contributed by atoms with Crippen molar-refractivity contribution in [2.75, 3.05) is 6.61 Å². The first-order valence-corrected chi connectivity index (χ1v) is 5.27. The molecule has 7 nitrogen and oxygen atoms in total. The molecule has 0 aliphatic carbocycles. The number of halogens is 1. The van der Waals surface area contributed by atoms with E-state index < -0.39 is 12.6 Å². The molecule has 0 radical (unpaired) electrons. The molecule has 1 N–H and O–H groups in total. The molecule has 0 unspecified atom stereocenters. The quantitative estimate of drug-likeness (QED) is 0.875. The lowest BCUT2D eigenvalue weighted by Crippen LogP contribution is -2.06. The number of ether oxygens (including phenoxy) is 1. The Morgan fingerprint density at radius 3 is 3.11 bits per heavy atom. The Hall–Kier alpha value is -1.99. The lowest BCUT2D eigenvalue weighted by Gasteiger charge is -1.95. The first-order valence-electron chi connectivity index (χ1n) is 4.90. The topological polar surface area (TPSA) is 98.3 Å². The number of hydrogen-bond acceptors (Lipinski definition) is 6. The van der Waals surface area contributed by atoms with E-state index in [4.69, 9.17) is 26.0 Å². The number of aliphatic carboxylic acids is 1. The molecule has 0 spiro atoms. The van der Waals surface area contributed by atoms with Crippen LogP contribution in [0.2, 0.25) is 5.02 Å². The van der Waals surface area contributed by atoms with Gasteiger partial charge in [0.2, 0.25) is 5.82 Å². The third-order valence-corrected chi connectivity index (χ3v) is 2.19. The summed E-state index contributed by atoms with van der Waals surface area (Å²) in [7, 11) is 0. The van der Waals surface area contributed by atoms with E-state index in [1.165, 1.54) is 0 Å². The SMILES string of the molecule is O=C(O)COCc1nc(-c2ncccc2Cl)no1. The normalized spacial score (nSPS) is 10.5. The summed E-state index contributed by atoms with van der Waals surface area (Å²) in [5.41, 5.74) is 0.396. The van der Waals surface area contributed by atoms with E-state index in [-0.39, 0.29) is 18.3 Å². The summed E-state index contributed by atoms with van der Waals surface area (Å²) >= 11 is 5.92. The fraction of sp³-hybridized carbons (Fsp3) is 0.200. The lowest BCUT2D eigenvalue weighted by molar-refractivity contribution is -0.142. The highest BCUT2D eigenvalue weighted by molar-refractivity contribution is 6.32. The number of aromatic nitrogens is 3. The van der Waals surface area contributed by atoms with Gasteiger partial charge < -0.3 is 14.4 Å². The van der Waals surface area contributed by atoms with Crippen molar-refractivity contribution < 1.29 is 19.2 Å². The van der Waals surface area contributed by atoms with Crippen LogP contribution in [0.15, 0.2) is 22.9 Å². The van der Waals surface area contributed by atoms with Crippen LogP contribution in [-0.4, -0.2) is 32.8 Å². The zero-order valence-electron chi connectivity index (χ0n) is 9.04. The molecule has 2 aromatic rings. The van der Waals surface area contributed by atoms with Gasteiger partial charge in [0.15, 0.2) is 0 Å². The third kappa shape index (κ3) is 3.02. The molecule has 0 aromatic carbocycles. The number of carboxylic acid groups (broad SMARTS) is 1. The van der Waals surface area contributed by atoms with Gasteiger partial charge in [-0.2, -0.15) is 4.98 Å². The molecular weight excluding hydrogens is 262 g/mol. The minimum absolute atomic E-state index is 0.0796. The van der Waals surface area contributed by atoms with E-state index in [2.05, 4.69) is 15.1 Å². The molecular formula is C10H8ClN3O4. The second-order valence-corrected chi connectivity index (χ2v) is 3.64. The number of pyridine rings is 1. The smallest absolute Gasteiger partial charge is 0.329 e. The van der Waals surface area contributed by atoms with Gasteiger partial charge in [-0.15, -0.1) is 0 Å². The summed E-state index contributed by atoms with van der Waals surface area (Å²) in [6, 6.07) is 3.34. The van der Waals surface area contributed by atoms with E-state index in [1.807, 2.05) is 0 Å². The zero-order chi connectivity index (χ0) is 13.0. The maximum atomic E-state index is 10.2. The molecule has 0 atom stereocenters. The highest BCUT2D eigenvalue weighted by Crippen LogP contribution is 2.22. The molecule has 0 bridgehead atoms. The van der Waals surface area contributed by atoms with Crippen LogP contribution >= 0.6 is 11.6 Å². The van der Waals surface area contributed by atoms with Gasteiger partial charge in [0.25, 0.3) is 5.89 Å². The summed E-state index contributed by atoms with van der Waals surface area (Å²) in [6.45, 7) is -0.508. The molecule has 0 amide bonds. The molecule has 8 heteroatoms. The maximum absolute atomic E-state index is 10.2. The summed E-state index contributed by atoms with van der Waals surface area (Å²) in [4.78, 5) is 18.3. The molecule has 0 saturated carbocycles. The number of carbonyl (C=O) groups is 1. The average molecular weight is 270 g/mol. The van der Waals surface area contributed by atoms with E-state index in [1.54, 1.807) is 18.3 Å². The largest absolute Gasteiger partial charge is 0.480 e. The Kier molecular flexibility index (Phi) is 3.85. The van der Waals surface area contributed by atoms with Gasteiger partial charge in [-0.05, 0) is 12.1 Å².